The van der Waals surface area contributed by atoms with Crippen molar-refractivity contribution in [1.29, 1.82) is 0 Å². The summed E-state index contributed by atoms with van der Waals surface area (Å²) in [5.74, 6) is 4.92. The smallest absolute Gasteiger partial charge is 0.309 e. The first kappa shape index (κ1) is 24.7. The molecule has 1 aromatic rings. The Bertz CT molecular complexity index is 998. The standard InChI is InChI=1S/C27H34O7/c1-5-7-22-17(9-11-33-22)16-12-19-18(21(28)13-16)8-10-27(3)20(26(30)31-4)14-23(25(29)24(19)27)34-15-32-6-2/h9,11,16,18-20,23-24H,6,8,10,12-15H2,1-4H3. The number of hydrogen-bond donors (Lipinski definition) is 0. The number of rotatable bonds is 6. The van der Waals surface area contributed by atoms with Crippen LogP contribution in [0, 0.1) is 40.9 Å². The Morgan fingerprint density at radius 1 is 1.29 bits per heavy atom. The van der Waals surface area contributed by atoms with Gasteiger partial charge in [-0.1, -0.05) is 12.8 Å². The van der Waals surface area contributed by atoms with Crippen LogP contribution in [0.1, 0.15) is 70.1 Å². The molecule has 0 bridgehead atoms. The molecule has 0 aliphatic heterocycles. The van der Waals surface area contributed by atoms with Crippen molar-refractivity contribution in [2.24, 2.45) is 29.1 Å². The number of ether oxygens (including phenoxy) is 3. The van der Waals surface area contributed by atoms with Crippen molar-refractivity contribution in [2.75, 3.05) is 20.5 Å². The van der Waals surface area contributed by atoms with E-state index in [2.05, 4.69) is 11.8 Å². The van der Waals surface area contributed by atoms with Crippen LogP contribution >= 0.6 is 0 Å². The predicted octanol–water partition coefficient (Wildman–Crippen LogP) is 3.89. The highest BCUT2D eigenvalue weighted by atomic mass is 16.7. The summed E-state index contributed by atoms with van der Waals surface area (Å²) in [6, 6.07) is 1.88. The van der Waals surface area contributed by atoms with Gasteiger partial charge < -0.3 is 18.6 Å². The second-order valence-electron chi connectivity index (χ2n) is 9.96. The summed E-state index contributed by atoms with van der Waals surface area (Å²) in [5, 5.41) is 0. The van der Waals surface area contributed by atoms with Crippen LogP contribution in [-0.4, -0.2) is 44.1 Å². The van der Waals surface area contributed by atoms with E-state index in [0.29, 0.717) is 38.1 Å². The van der Waals surface area contributed by atoms with E-state index in [1.54, 1.807) is 13.2 Å². The first-order valence-electron chi connectivity index (χ1n) is 12.2. The largest absolute Gasteiger partial charge is 0.469 e. The molecule has 184 valence electrons. The minimum atomic E-state index is -0.751. The molecule has 4 rings (SSSR count). The van der Waals surface area contributed by atoms with Crippen molar-refractivity contribution in [3.05, 3.63) is 23.7 Å². The van der Waals surface area contributed by atoms with E-state index in [9.17, 15) is 14.4 Å². The lowest BCUT2D eigenvalue weighted by molar-refractivity contribution is -0.186. The molecule has 3 saturated carbocycles. The molecule has 0 amide bonds. The van der Waals surface area contributed by atoms with Gasteiger partial charge in [0.15, 0.2) is 11.5 Å². The second-order valence-corrected chi connectivity index (χ2v) is 9.96. The molecule has 7 atom stereocenters. The fourth-order valence-corrected chi connectivity index (χ4v) is 6.75. The topological polar surface area (TPSA) is 92.0 Å². The van der Waals surface area contributed by atoms with Gasteiger partial charge in [0.2, 0.25) is 0 Å². The molecule has 0 aromatic carbocycles. The van der Waals surface area contributed by atoms with Crippen molar-refractivity contribution < 1.29 is 33.0 Å². The molecule has 3 fully saturated rings. The molecule has 3 aliphatic carbocycles. The summed E-state index contributed by atoms with van der Waals surface area (Å²) in [7, 11) is 1.38. The molecule has 0 spiro atoms. The summed E-state index contributed by atoms with van der Waals surface area (Å²) in [6.45, 7) is 6.08. The number of ketones is 2. The number of Topliss-reactive ketones (excluding diaryl/α,β-unsaturated/α-hetero) is 2. The average molecular weight is 471 g/mol. The molecule has 0 saturated heterocycles. The number of esters is 1. The Morgan fingerprint density at radius 3 is 2.79 bits per heavy atom. The van der Waals surface area contributed by atoms with Crippen LogP contribution in [0.3, 0.4) is 0 Å². The quantitative estimate of drug-likeness (QED) is 0.270. The van der Waals surface area contributed by atoms with Gasteiger partial charge in [-0.2, -0.15) is 0 Å². The van der Waals surface area contributed by atoms with E-state index in [1.165, 1.54) is 7.11 Å². The third-order valence-corrected chi connectivity index (χ3v) is 8.35. The van der Waals surface area contributed by atoms with Crippen LogP contribution in [0.15, 0.2) is 16.7 Å². The van der Waals surface area contributed by atoms with E-state index in [-0.39, 0.29) is 48.5 Å². The Hall–Kier alpha value is -2.43. The molecule has 7 unspecified atom stereocenters. The van der Waals surface area contributed by atoms with Crippen LogP contribution in [-0.2, 0) is 28.6 Å². The fourth-order valence-electron chi connectivity index (χ4n) is 6.75. The van der Waals surface area contributed by atoms with E-state index in [4.69, 9.17) is 18.6 Å². The van der Waals surface area contributed by atoms with E-state index < -0.39 is 23.4 Å². The zero-order valence-electron chi connectivity index (χ0n) is 20.4. The highest BCUT2D eigenvalue weighted by Crippen LogP contribution is 2.60. The van der Waals surface area contributed by atoms with Gasteiger partial charge in [-0.15, -0.1) is 0 Å². The minimum Gasteiger partial charge on any atom is -0.469 e. The number of fused-ring (bicyclic) bond motifs is 3. The van der Waals surface area contributed by atoms with E-state index >= 15 is 0 Å². The number of hydrogen-bond acceptors (Lipinski definition) is 7. The highest BCUT2D eigenvalue weighted by molar-refractivity contribution is 5.92. The van der Waals surface area contributed by atoms with Crippen molar-refractivity contribution >= 4 is 17.5 Å². The SMILES string of the molecule is CC#Cc1occc1C1CC(=O)C2CCC3(C)C(C(=O)OC)CC(OCOCC)C(=O)C3C2C1. The molecule has 7 heteroatoms. The third-order valence-electron chi connectivity index (χ3n) is 8.35. The van der Waals surface area contributed by atoms with Gasteiger partial charge in [-0.05, 0) is 68.8 Å². The summed E-state index contributed by atoms with van der Waals surface area (Å²) in [5.41, 5.74) is 0.340. The lowest BCUT2D eigenvalue weighted by Gasteiger charge is -2.56. The lowest BCUT2D eigenvalue weighted by atomic mass is 9.46. The number of carbonyl (C=O) groups excluding carboxylic acids is 3. The lowest BCUT2D eigenvalue weighted by Crippen LogP contribution is -2.60. The van der Waals surface area contributed by atoms with Gasteiger partial charge in [0, 0.05) is 30.4 Å². The van der Waals surface area contributed by atoms with Crippen LogP contribution in [0.4, 0.5) is 0 Å². The van der Waals surface area contributed by atoms with Gasteiger partial charge in [0.1, 0.15) is 18.7 Å². The fraction of sp³-hybridized carbons (Fsp3) is 0.667. The first-order valence-corrected chi connectivity index (χ1v) is 12.2. The molecule has 1 aromatic heterocycles. The van der Waals surface area contributed by atoms with Crippen LogP contribution in [0.5, 0.6) is 0 Å². The van der Waals surface area contributed by atoms with Gasteiger partial charge in [0.05, 0.1) is 19.3 Å². The minimum absolute atomic E-state index is 0.00600. The van der Waals surface area contributed by atoms with Gasteiger partial charge in [0.25, 0.3) is 0 Å². The number of carbonyl (C=O) groups is 3. The molecule has 7 nitrogen and oxygen atoms in total. The van der Waals surface area contributed by atoms with Gasteiger partial charge >= 0.3 is 5.97 Å². The highest BCUT2D eigenvalue weighted by Gasteiger charge is 2.62. The summed E-state index contributed by atoms with van der Waals surface area (Å²) in [6.07, 6.45) is 3.54. The van der Waals surface area contributed by atoms with E-state index in [1.807, 2.05) is 19.9 Å². The van der Waals surface area contributed by atoms with Crippen molar-refractivity contribution in [2.45, 2.75) is 64.9 Å². The van der Waals surface area contributed by atoms with Crippen molar-refractivity contribution in [1.82, 2.24) is 0 Å². The monoisotopic (exact) mass is 470 g/mol. The maximum atomic E-state index is 13.9. The Kier molecular flexibility index (Phi) is 7.30. The maximum absolute atomic E-state index is 13.9. The predicted molar refractivity (Wildman–Crippen MR) is 123 cm³/mol. The van der Waals surface area contributed by atoms with Gasteiger partial charge in [-0.3, -0.25) is 14.4 Å². The Morgan fingerprint density at radius 2 is 2.09 bits per heavy atom. The van der Waals surface area contributed by atoms with Crippen molar-refractivity contribution in [3.63, 3.8) is 0 Å². The Labute approximate surface area is 200 Å². The number of furan rings is 1. The van der Waals surface area contributed by atoms with Gasteiger partial charge in [-0.25, -0.2) is 0 Å². The van der Waals surface area contributed by atoms with Crippen LogP contribution in [0.2, 0.25) is 0 Å². The third kappa shape index (κ3) is 4.23. The Balaban J connectivity index is 1.70. The summed E-state index contributed by atoms with van der Waals surface area (Å²) < 4.78 is 21.9. The molecular weight excluding hydrogens is 436 g/mol. The second kappa shape index (κ2) is 10.1. The van der Waals surface area contributed by atoms with E-state index in [0.717, 1.165) is 5.56 Å². The average Bonchev–Trinajstić information content (AvgIpc) is 3.28. The summed E-state index contributed by atoms with van der Waals surface area (Å²) in [4.78, 5) is 40.1. The summed E-state index contributed by atoms with van der Waals surface area (Å²) >= 11 is 0. The van der Waals surface area contributed by atoms with Crippen molar-refractivity contribution in [3.8, 4) is 11.8 Å². The van der Waals surface area contributed by atoms with Crippen LogP contribution in [0.25, 0.3) is 0 Å². The molecule has 0 radical (unpaired) electrons. The normalized spacial score (nSPS) is 35.1. The zero-order valence-corrected chi connectivity index (χ0v) is 20.4. The van der Waals surface area contributed by atoms with Crippen LogP contribution < -0.4 is 0 Å². The molecule has 1 heterocycles. The number of methoxy groups -OCH3 is 1. The maximum Gasteiger partial charge on any atom is 0.309 e. The molecule has 34 heavy (non-hydrogen) atoms. The molecule has 0 N–H and O–H groups in total. The molecule has 3 aliphatic rings. The first-order chi connectivity index (χ1) is 16.3. The molecular formula is C27H34O7. The zero-order chi connectivity index (χ0) is 24.5.